The highest BCUT2D eigenvalue weighted by atomic mass is 32.1. The van der Waals surface area contributed by atoms with E-state index in [4.69, 9.17) is 17.0 Å². The molecule has 0 aliphatic heterocycles. The lowest BCUT2D eigenvalue weighted by Crippen LogP contribution is -1.99. The van der Waals surface area contributed by atoms with Gasteiger partial charge in [0.2, 0.25) is 0 Å². The summed E-state index contributed by atoms with van der Waals surface area (Å²) in [5.74, 6) is 1.73. The molecular formula is C21H31N3OS. The summed E-state index contributed by atoms with van der Waals surface area (Å²) in [6.07, 6.45) is 12.3. The van der Waals surface area contributed by atoms with E-state index in [0.717, 1.165) is 30.2 Å². The van der Waals surface area contributed by atoms with Crippen LogP contribution in [0.25, 0.3) is 11.4 Å². The Kier molecular flexibility index (Phi) is 9.18. The van der Waals surface area contributed by atoms with E-state index < -0.39 is 0 Å². The summed E-state index contributed by atoms with van der Waals surface area (Å²) in [6.45, 7) is 7.45. The summed E-state index contributed by atoms with van der Waals surface area (Å²) >= 11 is 5.26. The van der Waals surface area contributed by atoms with Crippen LogP contribution in [0, 0.1) is 4.77 Å². The summed E-state index contributed by atoms with van der Waals surface area (Å²) in [5, 5.41) is 7.16. The molecule has 2 aromatic rings. The van der Waals surface area contributed by atoms with E-state index in [0.29, 0.717) is 11.3 Å². The Morgan fingerprint density at radius 2 is 1.73 bits per heavy atom. The summed E-state index contributed by atoms with van der Waals surface area (Å²) in [4.78, 5) is 0. The van der Waals surface area contributed by atoms with Crippen molar-refractivity contribution in [1.29, 1.82) is 0 Å². The Balaban J connectivity index is 1.73. The highest BCUT2D eigenvalue weighted by Gasteiger charge is 2.07. The van der Waals surface area contributed by atoms with Crippen molar-refractivity contribution in [2.75, 3.05) is 6.61 Å². The molecule has 0 bridgehead atoms. The normalized spacial score (nSPS) is 10.8. The molecule has 0 saturated carbocycles. The number of nitrogens with one attached hydrogen (secondary N) is 1. The van der Waals surface area contributed by atoms with Gasteiger partial charge in [0.05, 0.1) is 6.61 Å². The zero-order valence-corrected chi connectivity index (χ0v) is 16.7. The van der Waals surface area contributed by atoms with Crippen LogP contribution >= 0.6 is 12.2 Å². The van der Waals surface area contributed by atoms with Crippen molar-refractivity contribution in [3.05, 3.63) is 41.7 Å². The first kappa shape index (κ1) is 20.4. The third kappa shape index (κ3) is 6.45. The Morgan fingerprint density at radius 1 is 1.08 bits per heavy atom. The van der Waals surface area contributed by atoms with Gasteiger partial charge in [-0.2, -0.15) is 5.10 Å². The molecule has 1 N–H and O–H groups in total. The largest absolute Gasteiger partial charge is 0.494 e. The molecule has 1 aromatic heterocycles. The lowest BCUT2D eigenvalue weighted by molar-refractivity contribution is 0.304. The number of benzene rings is 1. The van der Waals surface area contributed by atoms with E-state index in [2.05, 4.69) is 23.7 Å². The first-order valence-electron chi connectivity index (χ1n) is 9.75. The molecule has 142 valence electrons. The second kappa shape index (κ2) is 11.7. The van der Waals surface area contributed by atoms with Crippen molar-refractivity contribution in [3.8, 4) is 17.1 Å². The predicted octanol–water partition coefficient (Wildman–Crippen LogP) is 6.31. The third-order valence-corrected chi connectivity index (χ3v) is 4.76. The van der Waals surface area contributed by atoms with E-state index >= 15 is 0 Å². The molecule has 0 aliphatic rings. The van der Waals surface area contributed by atoms with Crippen LogP contribution in [-0.2, 0) is 6.54 Å². The Bertz CT molecular complexity index is 703. The van der Waals surface area contributed by atoms with Crippen LogP contribution in [-0.4, -0.2) is 21.4 Å². The van der Waals surface area contributed by atoms with E-state index in [-0.39, 0.29) is 0 Å². The van der Waals surface area contributed by atoms with Gasteiger partial charge in [0.15, 0.2) is 10.6 Å². The maximum Gasteiger partial charge on any atom is 0.195 e. The van der Waals surface area contributed by atoms with Crippen molar-refractivity contribution >= 4 is 12.2 Å². The quantitative estimate of drug-likeness (QED) is 0.254. The molecule has 0 fully saturated rings. The minimum absolute atomic E-state index is 0.606. The first-order valence-corrected chi connectivity index (χ1v) is 10.2. The minimum Gasteiger partial charge on any atom is -0.494 e. The third-order valence-electron chi connectivity index (χ3n) is 4.45. The molecule has 0 amide bonds. The fourth-order valence-electron chi connectivity index (χ4n) is 2.96. The summed E-state index contributed by atoms with van der Waals surface area (Å²) < 4.78 is 8.39. The van der Waals surface area contributed by atoms with Crippen molar-refractivity contribution in [3.63, 3.8) is 0 Å². The van der Waals surface area contributed by atoms with Crippen LogP contribution in [0.1, 0.15) is 58.3 Å². The Labute approximate surface area is 162 Å². The van der Waals surface area contributed by atoms with Crippen molar-refractivity contribution in [1.82, 2.24) is 14.8 Å². The van der Waals surface area contributed by atoms with Gasteiger partial charge >= 0.3 is 0 Å². The molecule has 1 aromatic carbocycles. The number of unbranched alkanes of at least 4 members (excludes halogenated alkanes) is 7. The van der Waals surface area contributed by atoms with E-state index in [1.54, 1.807) is 0 Å². The topological polar surface area (TPSA) is 42.8 Å². The molecule has 1 heterocycles. The second-order valence-electron chi connectivity index (χ2n) is 6.60. The zero-order valence-electron chi connectivity index (χ0n) is 15.9. The van der Waals surface area contributed by atoms with E-state index in [1.807, 2.05) is 34.9 Å². The predicted molar refractivity (Wildman–Crippen MR) is 111 cm³/mol. The van der Waals surface area contributed by atoms with Crippen LogP contribution in [0.15, 0.2) is 36.9 Å². The van der Waals surface area contributed by atoms with Gasteiger partial charge in [0.25, 0.3) is 0 Å². The molecule has 2 rings (SSSR count). The van der Waals surface area contributed by atoms with Gasteiger partial charge in [-0.3, -0.25) is 9.67 Å². The number of nitrogens with zero attached hydrogens (tertiary/aromatic N) is 2. The molecule has 0 atom stereocenters. The first-order chi connectivity index (χ1) is 12.8. The Morgan fingerprint density at radius 3 is 2.38 bits per heavy atom. The van der Waals surface area contributed by atoms with Crippen LogP contribution in [0.2, 0.25) is 0 Å². The standard InChI is InChI=1S/C21H31N3OS/c1-3-5-6-7-8-9-10-11-17-25-19-14-12-18(13-15-19)20-22-23-21(26)24(20)16-4-2/h4,12-15H,2-3,5-11,16-17H2,1H3,(H,23,26). The van der Waals surface area contributed by atoms with E-state index in [9.17, 15) is 0 Å². The highest BCUT2D eigenvalue weighted by molar-refractivity contribution is 7.71. The molecule has 0 saturated heterocycles. The van der Waals surface area contributed by atoms with Gasteiger partial charge in [-0.1, -0.05) is 57.9 Å². The molecule has 0 radical (unpaired) electrons. The van der Waals surface area contributed by atoms with Crippen molar-refractivity contribution in [2.45, 2.75) is 64.8 Å². The number of aromatic amines is 1. The lowest BCUT2D eigenvalue weighted by atomic mass is 10.1. The number of H-pyrrole nitrogens is 1. The van der Waals surface area contributed by atoms with Gasteiger partial charge in [0, 0.05) is 12.1 Å². The van der Waals surface area contributed by atoms with Crippen LogP contribution in [0.3, 0.4) is 0 Å². The molecule has 0 unspecified atom stereocenters. The fraction of sp³-hybridized carbons (Fsp3) is 0.524. The summed E-state index contributed by atoms with van der Waals surface area (Å²) in [7, 11) is 0. The number of hydrogen-bond donors (Lipinski definition) is 1. The van der Waals surface area contributed by atoms with Gasteiger partial charge < -0.3 is 4.74 Å². The van der Waals surface area contributed by atoms with Crippen LogP contribution < -0.4 is 4.74 Å². The smallest absolute Gasteiger partial charge is 0.195 e. The van der Waals surface area contributed by atoms with Crippen molar-refractivity contribution in [2.24, 2.45) is 0 Å². The minimum atomic E-state index is 0.606. The van der Waals surface area contributed by atoms with Gasteiger partial charge in [0.1, 0.15) is 5.75 Å². The number of rotatable bonds is 13. The molecule has 4 nitrogen and oxygen atoms in total. The number of hydrogen-bond acceptors (Lipinski definition) is 3. The molecule has 5 heteroatoms. The van der Waals surface area contributed by atoms with Crippen molar-refractivity contribution < 1.29 is 4.74 Å². The molecule has 0 aliphatic carbocycles. The van der Waals surface area contributed by atoms with Gasteiger partial charge in [-0.15, -0.1) is 6.58 Å². The lowest BCUT2D eigenvalue weighted by Gasteiger charge is -2.08. The monoisotopic (exact) mass is 373 g/mol. The molecular weight excluding hydrogens is 342 g/mol. The molecule has 26 heavy (non-hydrogen) atoms. The van der Waals surface area contributed by atoms with Crippen LogP contribution in [0.4, 0.5) is 0 Å². The number of aromatic nitrogens is 3. The Hall–Kier alpha value is -1.88. The highest BCUT2D eigenvalue weighted by Crippen LogP contribution is 2.21. The van der Waals surface area contributed by atoms with Crippen LogP contribution in [0.5, 0.6) is 5.75 Å². The fourth-order valence-corrected chi connectivity index (χ4v) is 3.17. The maximum atomic E-state index is 5.85. The van der Waals surface area contributed by atoms with E-state index in [1.165, 1.54) is 44.9 Å². The summed E-state index contributed by atoms with van der Waals surface area (Å²) in [5.41, 5.74) is 1.01. The average Bonchev–Trinajstić information content (AvgIpc) is 3.02. The number of ether oxygens (including phenoxy) is 1. The van der Waals surface area contributed by atoms with Gasteiger partial charge in [-0.25, -0.2) is 0 Å². The summed E-state index contributed by atoms with van der Waals surface area (Å²) in [6, 6.07) is 8.04. The van der Waals surface area contributed by atoms with Gasteiger partial charge in [-0.05, 0) is 42.9 Å². The SMILES string of the molecule is C=CCn1c(-c2ccc(OCCCCCCCCCC)cc2)n[nH]c1=S. The second-order valence-corrected chi connectivity index (χ2v) is 6.99. The zero-order chi connectivity index (χ0) is 18.6. The maximum absolute atomic E-state index is 5.85. The number of allylic oxidation sites excluding steroid dienone is 1. The molecule has 0 spiro atoms. The average molecular weight is 374 g/mol.